The second kappa shape index (κ2) is 6.27. The molecular weight excluding hydrogens is 238 g/mol. The minimum absolute atomic E-state index is 0. The van der Waals surface area contributed by atoms with Gasteiger partial charge in [0, 0.05) is 18.3 Å². The maximum Gasteiger partial charge on any atom is 0.255 e. The second-order valence-corrected chi connectivity index (χ2v) is 3.20. The van der Waals surface area contributed by atoms with Crippen LogP contribution in [0.2, 0.25) is 0 Å². The van der Waals surface area contributed by atoms with Crippen LogP contribution in [0.1, 0.15) is 10.4 Å². The van der Waals surface area contributed by atoms with Crippen molar-refractivity contribution >= 4 is 24.0 Å². The minimum atomic E-state index is -2.53. The largest absolute Gasteiger partial charge is 0.399 e. The molecule has 0 atom stereocenters. The fraction of sp³-hybridized carbons (Fsp3) is 0.300. The molecule has 90 valence electrons. The van der Waals surface area contributed by atoms with Gasteiger partial charge in [-0.05, 0) is 18.2 Å². The monoisotopic (exact) mass is 250 g/mol. The number of rotatable bonds is 3. The zero-order valence-corrected chi connectivity index (χ0v) is 9.51. The van der Waals surface area contributed by atoms with Crippen LogP contribution in [0, 0.1) is 0 Å². The third-order valence-electron chi connectivity index (χ3n) is 1.89. The lowest BCUT2D eigenvalue weighted by Crippen LogP contribution is -2.31. The lowest BCUT2D eigenvalue weighted by Gasteiger charge is -2.16. The van der Waals surface area contributed by atoms with Crippen LogP contribution in [0.25, 0.3) is 0 Å². The summed E-state index contributed by atoms with van der Waals surface area (Å²) in [5.41, 5.74) is 6.23. The van der Waals surface area contributed by atoms with E-state index in [0.29, 0.717) is 11.3 Å². The smallest absolute Gasteiger partial charge is 0.255 e. The Morgan fingerprint density at radius 1 is 1.50 bits per heavy atom. The predicted molar refractivity (Wildman–Crippen MR) is 61.1 cm³/mol. The van der Waals surface area contributed by atoms with Gasteiger partial charge in [0.25, 0.3) is 12.3 Å². The molecule has 0 aliphatic heterocycles. The molecule has 0 aliphatic carbocycles. The zero-order valence-electron chi connectivity index (χ0n) is 8.69. The van der Waals surface area contributed by atoms with Crippen molar-refractivity contribution in [2.75, 3.05) is 19.3 Å². The molecule has 1 aromatic rings. The molecule has 0 bridgehead atoms. The molecule has 0 aliphatic rings. The van der Waals surface area contributed by atoms with Crippen LogP contribution in [0.3, 0.4) is 0 Å². The van der Waals surface area contributed by atoms with E-state index in [-0.39, 0.29) is 12.4 Å². The summed E-state index contributed by atoms with van der Waals surface area (Å²) in [5, 5.41) is 0. The van der Waals surface area contributed by atoms with Crippen molar-refractivity contribution in [3.63, 3.8) is 0 Å². The number of alkyl halides is 2. The number of hydrogen-bond acceptors (Lipinski definition) is 2. The molecule has 0 saturated carbocycles. The third kappa shape index (κ3) is 4.02. The van der Waals surface area contributed by atoms with Crippen LogP contribution in [0.5, 0.6) is 0 Å². The average Bonchev–Trinajstić information content (AvgIpc) is 2.15. The van der Waals surface area contributed by atoms with Crippen LogP contribution in [-0.2, 0) is 0 Å². The van der Waals surface area contributed by atoms with Crippen molar-refractivity contribution in [1.29, 1.82) is 0 Å². The molecule has 1 amide bonds. The number of anilines is 1. The van der Waals surface area contributed by atoms with Crippen LogP contribution < -0.4 is 5.73 Å². The molecule has 0 fully saturated rings. The van der Waals surface area contributed by atoms with Crippen LogP contribution in [-0.4, -0.2) is 30.8 Å². The molecular formula is C10H13ClF2N2O. The van der Waals surface area contributed by atoms with Crippen molar-refractivity contribution in [2.24, 2.45) is 0 Å². The first-order chi connectivity index (χ1) is 7.00. The summed E-state index contributed by atoms with van der Waals surface area (Å²) in [6, 6.07) is 6.24. The summed E-state index contributed by atoms with van der Waals surface area (Å²) in [6.07, 6.45) is -2.53. The average molecular weight is 251 g/mol. The summed E-state index contributed by atoms with van der Waals surface area (Å²) in [6.45, 7) is -0.576. The Bertz CT molecular complexity index is 360. The lowest BCUT2D eigenvalue weighted by molar-refractivity contribution is 0.0620. The van der Waals surface area contributed by atoms with Crippen LogP contribution in [0.4, 0.5) is 14.5 Å². The van der Waals surface area contributed by atoms with Gasteiger partial charge in [-0.3, -0.25) is 4.79 Å². The Hall–Kier alpha value is -1.36. The molecule has 3 nitrogen and oxygen atoms in total. The molecule has 0 radical (unpaired) electrons. The van der Waals surface area contributed by atoms with Gasteiger partial charge in [0.2, 0.25) is 0 Å². The molecule has 0 aromatic heterocycles. The van der Waals surface area contributed by atoms with Crippen LogP contribution >= 0.6 is 12.4 Å². The molecule has 0 unspecified atom stereocenters. The first-order valence-electron chi connectivity index (χ1n) is 4.40. The van der Waals surface area contributed by atoms with E-state index in [4.69, 9.17) is 5.73 Å². The summed E-state index contributed by atoms with van der Waals surface area (Å²) in [7, 11) is 1.33. The van der Waals surface area contributed by atoms with Crippen molar-refractivity contribution in [2.45, 2.75) is 6.43 Å². The van der Waals surface area contributed by atoms with Gasteiger partial charge in [-0.2, -0.15) is 0 Å². The highest BCUT2D eigenvalue weighted by molar-refractivity contribution is 5.94. The maximum atomic E-state index is 12.0. The molecule has 1 rings (SSSR count). The molecule has 0 heterocycles. The number of hydrogen-bond donors (Lipinski definition) is 1. The van der Waals surface area contributed by atoms with Gasteiger partial charge in [-0.15, -0.1) is 12.4 Å². The Morgan fingerprint density at radius 3 is 2.62 bits per heavy atom. The topological polar surface area (TPSA) is 46.3 Å². The van der Waals surface area contributed by atoms with Crippen molar-refractivity contribution in [3.8, 4) is 0 Å². The van der Waals surface area contributed by atoms with E-state index in [1.165, 1.54) is 13.1 Å². The summed E-state index contributed by atoms with van der Waals surface area (Å²) in [4.78, 5) is 12.5. The van der Waals surface area contributed by atoms with Gasteiger partial charge >= 0.3 is 0 Å². The summed E-state index contributed by atoms with van der Waals surface area (Å²) in [5.74, 6) is -0.456. The lowest BCUT2D eigenvalue weighted by atomic mass is 10.2. The summed E-state index contributed by atoms with van der Waals surface area (Å²) >= 11 is 0. The van der Waals surface area contributed by atoms with Crippen molar-refractivity contribution in [3.05, 3.63) is 29.8 Å². The Balaban J connectivity index is 0.00000225. The second-order valence-electron chi connectivity index (χ2n) is 3.20. The third-order valence-corrected chi connectivity index (χ3v) is 1.89. The van der Waals surface area contributed by atoms with Gasteiger partial charge in [-0.25, -0.2) is 8.78 Å². The van der Waals surface area contributed by atoms with Gasteiger partial charge in [0.15, 0.2) is 0 Å². The van der Waals surface area contributed by atoms with Gasteiger partial charge in [-0.1, -0.05) is 6.07 Å². The maximum absolute atomic E-state index is 12.0. The SMILES string of the molecule is CN(CC(F)F)C(=O)c1cccc(N)c1.Cl. The number of benzene rings is 1. The highest BCUT2D eigenvalue weighted by Gasteiger charge is 2.15. The van der Waals surface area contributed by atoms with E-state index in [1.54, 1.807) is 18.2 Å². The van der Waals surface area contributed by atoms with Crippen molar-refractivity contribution < 1.29 is 13.6 Å². The van der Waals surface area contributed by atoms with E-state index < -0.39 is 18.9 Å². The van der Waals surface area contributed by atoms with Gasteiger partial charge < -0.3 is 10.6 Å². The van der Waals surface area contributed by atoms with Gasteiger partial charge in [0.05, 0.1) is 6.54 Å². The fourth-order valence-electron chi connectivity index (χ4n) is 1.18. The highest BCUT2D eigenvalue weighted by Crippen LogP contribution is 2.09. The van der Waals surface area contributed by atoms with Crippen LogP contribution in [0.15, 0.2) is 24.3 Å². The molecule has 1 aromatic carbocycles. The van der Waals surface area contributed by atoms with E-state index >= 15 is 0 Å². The van der Waals surface area contributed by atoms with Crippen molar-refractivity contribution in [1.82, 2.24) is 4.90 Å². The molecule has 2 N–H and O–H groups in total. The standard InChI is InChI=1S/C10H12F2N2O.ClH/c1-14(6-9(11)12)10(15)7-3-2-4-8(13)5-7;/h2-5,9H,6,13H2,1H3;1H. The van der Waals surface area contributed by atoms with Gasteiger partial charge in [0.1, 0.15) is 0 Å². The number of nitrogen functional groups attached to an aromatic ring is 1. The minimum Gasteiger partial charge on any atom is -0.399 e. The van der Waals surface area contributed by atoms with E-state index in [9.17, 15) is 13.6 Å². The van der Waals surface area contributed by atoms with E-state index in [1.807, 2.05) is 0 Å². The predicted octanol–water partition coefficient (Wildman–Crippen LogP) is 2.03. The number of nitrogens with two attached hydrogens (primary N) is 1. The quantitative estimate of drug-likeness (QED) is 0.835. The van der Waals surface area contributed by atoms with E-state index in [0.717, 1.165) is 4.90 Å². The summed E-state index contributed by atoms with van der Waals surface area (Å²) < 4.78 is 24.0. The normalized spacial score (nSPS) is 9.75. The molecule has 0 spiro atoms. The fourth-order valence-corrected chi connectivity index (χ4v) is 1.18. The number of halogens is 3. The first kappa shape index (κ1) is 14.6. The number of amides is 1. The molecule has 6 heteroatoms. The number of carbonyl (C=O) groups is 1. The number of carbonyl (C=O) groups excluding carboxylic acids is 1. The molecule has 16 heavy (non-hydrogen) atoms. The zero-order chi connectivity index (χ0) is 11.4. The first-order valence-corrected chi connectivity index (χ1v) is 4.40. The Labute approximate surface area is 98.6 Å². The number of nitrogens with zero attached hydrogens (tertiary/aromatic N) is 1. The Morgan fingerprint density at radius 2 is 2.12 bits per heavy atom. The highest BCUT2D eigenvalue weighted by atomic mass is 35.5. The van der Waals surface area contributed by atoms with E-state index in [2.05, 4.69) is 0 Å². The Kier molecular flexibility index (Phi) is 5.74. The molecule has 0 saturated heterocycles.